The van der Waals surface area contributed by atoms with E-state index in [9.17, 15) is 4.79 Å². The van der Waals surface area contributed by atoms with Crippen LogP contribution >= 0.6 is 54.5 Å². The van der Waals surface area contributed by atoms with Crippen molar-refractivity contribution in [2.24, 2.45) is 0 Å². The molecular weight excluding hydrogens is 439 g/mol. The lowest BCUT2D eigenvalue weighted by atomic mass is 10.4. The van der Waals surface area contributed by atoms with Gasteiger partial charge in [0.05, 0.1) is 3.57 Å². The van der Waals surface area contributed by atoms with Gasteiger partial charge in [-0.3, -0.25) is 9.69 Å². The first kappa shape index (κ1) is 11.8. The van der Waals surface area contributed by atoms with Crippen molar-refractivity contribution >= 4 is 66.2 Å². The van der Waals surface area contributed by atoms with Crippen LogP contribution in [0.5, 0.6) is 0 Å². The molecule has 0 bridgehead atoms. The number of halogens is 3. The number of pyridine rings is 1. The largest absolute Gasteiger partial charge is 0.295 e. The molecule has 1 aromatic rings. The first-order chi connectivity index (χ1) is 7.08. The lowest BCUT2D eigenvalue weighted by Gasteiger charge is -2.16. The number of rotatable bonds is 1. The molecular formula is C9H7Br2IN2O. The fourth-order valence-corrected chi connectivity index (χ4v) is 3.57. The summed E-state index contributed by atoms with van der Waals surface area (Å²) in [4.78, 5) is 17.9. The van der Waals surface area contributed by atoms with Crippen LogP contribution < -0.4 is 4.90 Å². The van der Waals surface area contributed by atoms with Crippen LogP contribution in [-0.2, 0) is 4.79 Å². The molecule has 1 unspecified atom stereocenters. The van der Waals surface area contributed by atoms with Gasteiger partial charge in [0.1, 0.15) is 5.82 Å². The van der Waals surface area contributed by atoms with Crippen LogP contribution in [0, 0.1) is 3.57 Å². The van der Waals surface area contributed by atoms with Crippen LogP contribution in [0.1, 0.15) is 6.42 Å². The third-order valence-electron chi connectivity index (χ3n) is 2.12. The number of carbonyl (C=O) groups is 1. The minimum atomic E-state index is 0.129. The molecule has 0 aromatic carbocycles. The highest BCUT2D eigenvalue weighted by Gasteiger charge is 2.30. The number of nitrogens with zero attached hydrogens (tertiary/aromatic N) is 2. The quantitative estimate of drug-likeness (QED) is 0.492. The lowest BCUT2D eigenvalue weighted by molar-refractivity contribution is -0.117. The molecule has 0 N–H and O–H groups in total. The molecule has 0 saturated carbocycles. The van der Waals surface area contributed by atoms with Crippen LogP contribution in [0.2, 0.25) is 0 Å². The fourth-order valence-electron chi connectivity index (χ4n) is 1.47. The molecule has 15 heavy (non-hydrogen) atoms. The number of hydrogen-bond donors (Lipinski definition) is 0. The maximum absolute atomic E-state index is 11.7. The number of amides is 1. The summed E-state index contributed by atoms with van der Waals surface area (Å²) in [6.45, 7) is 0.698. The van der Waals surface area contributed by atoms with E-state index in [1.165, 1.54) is 0 Å². The third kappa shape index (κ3) is 2.52. The van der Waals surface area contributed by atoms with Crippen molar-refractivity contribution in [2.75, 3.05) is 11.4 Å². The Morgan fingerprint density at radius 1 is 1.60 bits per heavy atom. The summed E-state index contributed by atoms with van der Waals surface area (Å²) < 4.78 is 1.91. The van der Waals surface area contributed by atoms with E-state index in [0.717, 1.165) is 13.9 Å². The molecule has 3 nitrogen and oxygen atoms in total. The molecule has 1 saturated heterocycles. The van der Waals surface area contributed by atoms with Gasteiger partial charge in [0.15, 0.2) is 0 Å². The second-order valence-electron chi connectivity index (χ2n) is 3.26. The van der Waals surface area contributed by atoms with Crippen molar-refractivity contribution in [1.82, 2.24) is 4.98 Å². The Hall–Kier alpha value is 0.310. The average molecular weight is 446 g/mol. The van der Waals surface area contributed by atoms with E-state index in [1.54, 1.807) is 11.1 Å². The number of aromatic nitrogens is 1. The summed E-state index contributed by atoms with van der Waals surface area (Å²) in [5, 5.41) is 0. The van der Waals surface area contributed by atoms with E-state index >= 15 is 0 Å². The molecule has 0 radical (unpaired) electrons. The summed E-state index contributed by atoms with van der Waals surface area (Å²) in [6, 6.07) is 1.96. The van der Waals surface area contributed by atoms with E-state index < -0.39 is 0 Å². The van der Waals surface area contributed by atoms with Crippen LogP contribution in [0.3, 0.4) is 0 Å². The number of anilines is 1. The van der Waals surface area contributed by atoms with Gasteiger partial charge in [-0.2, -0.15) is 0 Å². The minimum absolute atomic E-state index is 0.129. The van der Waals surface area contributed by atoms with Gasteiger partial charge in [0.2, 0.25) is 5.91 Å². The number of hydrogen-bond acceptors (Lipinski definition) is 2. The SMILES string of the molecule is O=C1CC(Br)CN1c1ncc(Br)cc1I. The smallest absolute Gasteiger partial charge is 0.229 e. The average Bonchev–Trinajstić information content (AvgIpc) is 2.45. The molecule has 1 aromatic heterocycles. The van der Waals surface area contributed by atoms with Gasteiger partial charge in [-0.25, -0.2) is 4.98 Å². The first-order valence-corrected chi connectivity index (χ1v) is 7.12. The zero-order valence-corrected chi connectivity index (χ0v) is 12.9. The van der Waals surface area contributed by atoms with E-state index in [1.807, 2.05) is 6.07 Å². The molecule has 2 heterocycles. The van der Waals surface area contributed by atoms with Gasteiger partial charge < -0.3 is 0 Å². The zero-order valence-electron chi connectivity index (χ0n) is 7.58. The summed E-state index contributed by atoms with van der Waals surface area (Å²) in [5.74, 6) is 0.885. The monoisotopic (exact) mass is 444 g/mol. The van der Waals surface area contributed by atoms with Crippen LogP contribution in [0.4, 0.5) is 5.82 Å². The van der Waals surface area contributed by atoms with Gasteiger partial charge in [0.25, 0.3) is 0 Å². The Bertz CT molecular complexity index is 413. The highest BCUT2D eigenvalue weighted by molar-refractivity contribution is 14.1. The van der Waals surface area contributed by atoms with E-state index in [2.05, 4.69) is 59.4 Å². The van der Waals surface area contributed by atoms with Crippen LogP contribution in [0.25, 0.3) is 0 Å². The second kappa shape index (κ2) is 4.67. The molecule has 1 fully saturated rings. The molecule has 6 heteroatoms. The van der Waals surface area contributed by atoms with Crippen molar-refractivity contribution in [1.29, 1.82) is 0 Å². The van der Waals surface area contributed by atoms with Crippen molar-refractivity contribution in [3.63, 3.8) is 0 Å². The van der Waals surface area contributed by atoms with Crippen LogP contribution in [-0.4, -0.2) is 22.3 Å². The molecule has 1 aliphatic rings. The molecule has 1 aliphatic heterocycles. The molecule has 0 spiro atoms. The summed E-state index contributed by atoms with van der Waals surface area (Å²) in [6.07, 6.45) is 2.26. The predicted octanol–water partition coefficient (Wildman–Crippen LogP) is 2.95. The highest BCUT2D eigenvalue weighted by Crippen LogP contribution is 2.28. The lowest BCUT2D eigenvalue weighted by Crippen LogP contribution is -2.26. The molecule has 2 rings (SSSR count). The van der Waals surface area contributed by atoms with Crippen molar-refractivity contribution in [3.8, 4) is 0 Å². The minimum Gasteiger partial charge on any atom is -0.295 e. The van der Waals surface area contributed by atoms with E-state index in [4.69, 9.17) is 0 Å². The first-order valence-electron chi connectivity index (χ1n) is 4.33. The Morgan fingerprint density at radius 3 is 2.87 bits per heavy atom. The van der Waals surface area contributed by atoms with Gasteiger partial charge >= 0.3 is 0 Å². The van der Waals surface area contributed by atoms with Gasteiger partial charge in [0, 0.05) is 28.5 Å². The third-order valence-corrected chi connectivity index (χ3v) is 3.96. The topological polar surface area (TPSA) is 33.2 Å². The maximum Gasteiger partial charge on any atom is 0.229 e. The molecule has 1 atom stereocenters. The van der Waals surface area contributed by atoms with Gasteiger partial charge in [-0.05, 0) is 44.6 Å². The Morgan fingerprint density at radius 2 is 2.33 bits per heavy atom. The van der Waals surface area contributed by atoms with Crippen molar-refractivity contribution in [2.45, 2.75) is 11.2 Å². The predicted molar refractivity (Wildman–Crippen MR) is 74.3 cm³/mol. The van der Waals surface area contributed by atoms with Crippen molar-refractivity contribution < 1.29 is 4.79 Å². The molecule has 80 valence electrons. The van der Waals surface area contributed by atoms with Gasteiger partial charge in [-0.1, -0.05) is 15.9 Å². The Kier molecular flexibility index (Phi) is 3.67. The maximum atomic E-state index is 11.7. The molecule has 1 amide bonds. The molecule has 0 aliphatic carbocycles. The van der Waals surface area contributed by atoms with E-state index in [0.29, 0.717) is 13.0 Å². The summed E-state index contributed by atoms with van der Waals surface area (Å²) >= 11 is 9.00. The second-order valence-corrected chi connectivity index (χ2v) is 6.64. The highest BCUT2D eigenvalue weighted by atomic mass is 127. The van der Waals surface area contributed by atoms with E-state index in [-0.39, 0.29) is 10.7 Å². The number of carbonyl (C=O) groups excluding carboxylic acids is 1. The summed E-state index contributed by atoms with van der Waals surface area (Å²) in [7, 11) is 0. The number of alkyl halides is 1. The Labute approximate surface area is 118 Å². The summed E-state index contributed by atoms with van der Waals surface area (Å²) in [5.41, 5.74) is 0. The fraction of sp³-hybridized carbons (Fsp3) is 0.333. The standard InChI is InChI=1S/C9H7Br2IN2O/c10-5-1-7(12)9(13-3-5)14-4-6(11)2-8(14)15/h1,3,6H,2,4H2. The normalized spacial score (nSPS) is 21.1. The zero-order chi connectivity index (χ0) is 11.0. The van der Waals surface area contributed by atoms with Gasteiger partial charge in [-0.15, -0.1) is 0 Å². The van der Waals surface area contributed by atoms with Crippen LogP contribution in [0.15, 0.2) is 16.7 Å². The van der Waals surface area contributed by atoms with Crippen molar-refractivity contribution in [3.05, 3.63) is 20.3 Å². The Balaban J connectivity index is 2.34.